The molecule has 0 saturated carbocycles. The summed E-state index contributed by atoms with van der Waals surface area (Å²) >= 11 is 0. The van der Waals surface area contributed by atoms with Gasteiger partial charge < -0.3 is 15.5 Å². The van der Waals surface area contributed by atoms with Crippen molar-refractivity contribution in [3.63, 3.8) is 0 Å². The molecule has 0 bridgehead atoms. The summed E-state index contributed by atoms with van der Waals surface area (Å²) in [7, 11) is 0. The van der Waals surface area contributed by atoms with Crippen molar-refractivity contribution in [2.75, 3.05) is 13.1 Å². The van der Waals surface area contributed by atoms with Gasteiger partial charge in [-0.3, -0.25) is 14.3 Å². The maximum atomic E-state index is 11.5. The highest BCUT2D eigenvalue weighted by atomic mass is 16.3. The van der Waals surface area contributed by atoms with Crippen LogP contribution in [0.25, 0.3) is 0 Å². The molecule has 0 amide bonds. The summed E-state index contributed by atoms with van der Waals surface area (Å²) in [6.07, 6.45) is -0.455. The molecular formula is C9H13N3O4. The summed E-state index contributed by atoms with van der Waals surface area (Å²) in [6, 6.07) is 0.452. The lowest BCUT2D eigenvalue weighted by atomic mass is 10.0. The number of β-amino-alcohol motifs (C(OH)–C–C–N with tert-alkyl or cyclic N) is 2. The van der Waals surface area contributed by atoms with E-state index in [1.165, 1.54) is 12.3 Å². The van der Waals surface area contributed by atoms with E-state index in [1.54, 1.807) is 0 Å². The van der Waals surface area contributed by atoms with Gasteiger partial charge in [-0.05, 0) is 0 Å². The van der Waals surface area contributed by atoms with Gasteiger partial charge in [0.1, 0.15) is 0 Å². The molecular weight excluding hydrogens is 214 g/mol. The number of hydrogen-bond donors (Lipinski definition) is 4. The van der Waals surface area contributed by atoms with Gasteiger partial charge in [-0.1, -0.05) is 0 Å². The number of aliphatic hydroxyl groups is 2. The molecule has 16 heavy (non-hydrogen) atoms. The van der Waals surface area contributed by atoms with Crippen molar-refractivity contribution in [1.29, 1.82) is 0 Å². The number of rotatable bonds is 1. The molecule has 1 unspecified atom stereocenters. The number of aromatic nitrogens is 2. The van der Waals surface area contributed by atoms with Crippen LogP contribution in [0.1, 0.15) is 6.04 Å². The van der Waals surface area contributed by atoms with Crippen molar-refractivity contribution in [1.82, 2.24) is 14.9 Å². The fourth-order valence-electron chi connectivity index (χ4n) is 1.91. The molecule has 7 nitrogen and oxygen atoms in total. The molecule has 3 atom stereocenters. The topological polar surface area (TPSA) is 107 Å². The third kappa shape index (κ3) is 1.92. The van der Waals surface area contributed by atoms with Crippen LogP contribution in [0.4, 0.5) is 0 Å². The molecule has 0 aromatic carbocycles. The highest BCUT2D eigenvalue weighted by Crippen LogP contribution is 2.17. The van der Waals surface area contributed by atoms with Gasteiger partial charge in [-0.2, -0.15) is 0 Å². The predicted molar refractivity (Wildman–Crippen MR) is 55.2 cm³/mol. The molecule has 0 aliphatic carbocycles. The van der Waals surface area contributed by atoms with Gasteiger partial charge in [0, 0.05) is 25.4 Å². The molecule has 0 spiro atoms. The molecule has 2 rings (SSSR count). The fourth-order valence-corrected chi connectivity index (χ4v) is 1.91. The molecule has 7 heteroatoms. The summed E-state index contributed by atoms with van der Waals surface area (Å²) in [5, 5.41) is 22.3. The first-order valence-corrected chi connectivity index (χ1v) is 4.98. The maximum Gasteiger partial charge on any atom is 0.328 e. The van der Waals surface area contributed by atoms with Crippen molar-refractivity contribution in [2.24, 2.45) is 0 Å². The summed E-state index contributed by atoms with van der Waals surface area (Å²) in [6.45, 7) is 0.598. The van der Waals surface area contributed by atoms with Gasteiger partial charge in [0.25, 0.3) is 5.56 Å². The number of nitrogens with one attached hydrogen (secondary N) is 2. The van der Waals surface area contributed by atoms with Crippen LogP contribution in [0.5, 0.6) is 0 Å². The molecule has 4 N–H and O–H groups in total. The third-order valence-electron chi connectivity index (χ3n) is 2.67. The van der Waals surface area contributed by atoms with E-state index in [-0.39, 0.29) is 0 Å². The number of aromatic amines is 1. The smallest absolute Gasteiger partial charge is 0.328 e. The normalized spacial score (nSPS) is 30.2. The second-order valence-corrected chi connectivity index (χ2v) is 3.80. The van der Waals surface area contributed by atoms with Crippen molar-refractivity contribution in [2.45, 2.75) is 18.2 Å². The van der Waals surface area contributed by atoms with Crippen LogP contribution in [0.15, 0.2) is 21.9 Å². The zero-order valence-electron chi connectivity index (χ0n) is 8.46. The van der Waals surface area contributed by atoms with Gasteiger partial charge in [-0.25, -0.2) is 4.79 Å². The van der Waals surface area contributed by atoms with Gasteiger partial charge >= 0.3 is 5.69 Å². The molecule has 2 heterocycles. The average Bonchev–Trinajstić information content (AvgIpc) is 2.20. The van der Waals surface area contributed by atoms with Gasteiger partial charge in [0.15, 0.2) is 0 Å². The highest BCUT2D eigenvalue weighted by Gasteiger charge is 2.32. The zero-order valence-corrected chi connectivity index (χ0v) is 8.46. The molecule has 1 fully saturated rings. The van der Waals surface area contributed by atoms with E-state index < -0.39 is 29.5 Å². The van der Waals surface area contributed by atoms with Gasteiger partial charge in [0.2, 0.25) is 0 Å². The Morgan fingerprint density at radius 3 is 2.44 bits per heavy atom. The van der Waals surface area contributed by atoms with E-state index in [4.69, 9.17) is 0 Å². The van der Waals surface area contributed by atoms with Crippen LogP contribution < -0.4 is 16.6 Å². The first-order valence-electron chi connectivity index (χ1n) is 4.98. The molecule has 1 aliphatic rings. The summed E-state index contributed by atoms with van der Waals surface area (Å²) in [5.41, 5.74) is -1.13. The second kappa shape index (κ2) is 4.20. The molecule has 1 aliphatic heterocycles. The summed E-state index contributed by atoms with van der Waals surface area (Å²) in [4.78, 5) is 24.5. The predicted octanol–water partition coefficient (Wildman–Crippen LogP) is -2.60. The van der Waals surface area contributed by atoms with E-state index in [0.717, 1.165) is 4.57 Å². The minimum atomic E-state index is -0.868. The molecule has 1 aromatic rings. The second-order valence-electron chi connectivity index (χ2n) is 3.80. The lowest BCUT2D eigenvalue weighted by molar-refractivity contribution is -0.00605. The van der Waals surface area contributed by atoms with Crippen LogP contribution in [-0.4, -0.2) is 45.1 Å². The number of hydrogen-bond acceptors (Lipinski definition) is 5. The first-order chi connectivity index (χ1) is 7.59. The summed E-state index contributed by atoms with van der Waals surface area (Å²) in [5.74, 6) is 0. The van der Waals surface area contributed by atoms with Gasteiger partial charge in [0.05, 0.1) is 18.2 Å². The van der Waals surface area contributed by atoms with E-state index in [1.807, 2.05) is 0 Å². The van der Waals surface area contributed by atoms with E-state index >= 15 is 0 Å². The highest BCUT2D eigenvalue weighted by molar-refractivity contribution is 4.94. The molecule has 0 radical (unpaired) electrons. The van der Waals surface area contributed by atoms with Crippen LogP contribution in [0, 0.1) is 0 Å². The Labute approximate surface area is 90.4 Å². The first kappa shape index (κ1) is 11.1. The quantitative estimate of drug-likeness (QED) is 0.421. The largest absolute Gasteiger partial charge is 0.390 e. The third-order valence-corrected chi connectivity index (χ3v) is 2.67. The number of H-pyrrole nitrogens is 1. The minimum Gasteiger partial charge on any atom is -0.390 e. The standard InChI is InChI=1S/C9H13N3O4/c13-5-3-10-4-6(14)8(5)12-2-1-7(15)11-9(12)16/h1-2,5-6,8,10,13-14H,3-4H2,(H,11,15,16)/t5-,6+,8?. The Kier molecular flexibility index (Phi) is 2.90. The van der Waals surface area contributed by atoms with Gasteiger partial charge in [-0.15, -0.1) is 0 Å². The Morgan fingerprint density at radius 1 is 1.25 bits per heavy atom. The van der Waals surface area contributed by atoms with Crippen molar-refractivity contribution < 1.29 is 10.2 Å². The number of aliphatic hydroxyl groups excluding tert-OH is 2. The number of piperidine rings is 1. The van der Waals surface area contributed by atoms with E-state index in [0.29, 0.717) is 13.1 Å². The zero-order chi connectivity index (χ0) is 11.7. The van der Waals surface area contributed by atoms with Crippen molar-refractivity contribution in [3.8, 4) is 0 Å². The lowest BCUT2D eigenvalue weighted by Gasteiger charge is -2.33. The lowest BCUT2D eigenvalue weighted by Crippen LogP contribution is -2.53. The van der Waals surface area contributed by atoms with Crippen LogP contribution in [0.2, 0.25) is 0 Å². The van der Waals surface area contributed by atoms with Crippen molar-refractivity contribution >= 4 is 0 Å². The van der Waals surface area contributed by atoms with Crippen LogP contribution >= 0.6 is 0 Å². The molecule has 1 saturated heterocycles. The maximum absolute atomic E-state index is 11.5. The average molecular weight is 227 g/mol. The Balaban J connectivity index is 2.41. The van der Waals surface area contributed by atoms with Crippen LogP contribution in [0.3, 0.4) is 0 Å². The Morgan fingerprint density at radius 2 is 1.88 bits per heavy atom. The molecule has 88 valence electrons. The van der Waals surface area contributed by atoms with Crippen molar-refractivity contribution in [3.05, 3.63) is 33.1 Å². The summed E-state index contributed by atoms with van der Waals surface area (Å²) < 4.78 is 1.15. The Hall–Kier alpha value is -1.44. The Bertz CT molecular complexity index is 470. The minimum absolute atomic E-state index is 0.299. The van der Waals surface area contributed by atoms with E-state index in [2.05, 4.69) is 10.3 Å². The SMILES string of the molecule is O=c1ccn(C2[C@H](O)CNC[C@@H]2O)c(=O)[nH]1. The van der Waals surface area contributed by atoms with Crippen LogP contribution in [-0.2, 0) is 0 Å². The van der Waals surface area contributed by atoms with E-state index in [9.17, 15) is 19.8 Å². The number of nitrogens with zero attached hydrogens (tertiary/aromatic N) is 1. The monoisotopic (exact) mass is 227 g/mol. The fraction of sp³-hybridized carbons (Fsp3) is 0.556. The molecule has 1 aromatic heterocycles.